The highest BCUT2D eigenvalue weighted by Gasteiger charge is 2.21. The average Bonchev–Trinajstić information content (AvgIpc) is 2.66. The predicted octanol–water partition coefficient (Wildman–Crippen LogP) is 4.98. The van der Waals surface area contributed by atoms with Crippen LogP contribution < -0.4 is 10.1 Å². The van der Waals surface area contributed by atoms with Crippen molar-refractivity contribution in [3.8, 4) is 5.75 Å². The van der Waals surface area contributed by atoms with Crippen molar-refractivity contribution in [3.05, 3.63) is 101 Å². The van der Waals surface area contributed by atoms with Gasteiger partial charge in [-0.25, -0.2) is 0 Å². The molecule has 27 heavy (non-hydrogen) atoms. The highest BCUT2D eigenvalue weighted by Crippen LogP contribution is 2.23. The molecular weight excluding hydrogens is 334 g/mol. The van der Waals surface area contributed by atoms with Crippen molar-refractivity contribution in [3.63, 3.8) is 0 Å². The van der Waals surface area contributed by atoms with Gasteiger partial charge in [0.25, 0.3) is 5.91 Å². The van der Waals surface area contributed by atoms with Gasteiger partial charge in [0.2, 0.25) is 0 Å². The maximum absolute atomic E-state index is 12.8. The van der Waals surface area contributed by atoms with Gasteiger partial charge >= 0.3 is 0 Å². The number of hydrogen-bond acceptors (Lipinski definition) is 2. The Balaban J connectivity index is 1.78. The van der Waals surface area contributed by atoms with Gasteiger partial charge in [-0.3, -0.25) is 4.79 Å². The molecule has 1 amide bonds. The summed E-state index contributed by atoms with van der Waals surface area (Å²) in [5.74, 6) is 0.568. The summed E-state index contributed by atoms with van der Waals surface area (Å²) >= 11 is 0. The molecule has 3 heteroatoms. The summed E-state index contributed by atoms with van der Waals surface area (Å²) in [6.45, 7) is 5.82. The minimum atomic E-state index is -0.596. The Labute approximate surface area is 161 Å². The largest absolute Gasteiger partial charge is 0.481 e. The highest BCUT2D eigenvalue weighted by molar-refractivity contribution is 5.81. The molecule has 0 bridgehead atoms. The molecule has 0 aliphatic carbocycles. The van der Waals surface area contributed by atoms with Gasteiger partial charge in [0, 0.05) is 0 Å². The molecular formula is C24H25NO2. The van der Waals surface area contributed by atoms with Gasteiger partial charge in [-0.05, 0) is 55.2 Å². The second kappa shape index (κ2) is 8.54. The van der Waals surface area contributed by atoms with Gasteiger partial charge in [-0.2, -0.15) is 0 Å². The first-order valence-electron chi connectivity index (χ1n) is 9.18. The van der Waals surface area contributed by atoms with E-state index >= 15 is 0 Å². The number of rotatable bonds is 6. The van der Waals surface area contributed by atoms with Crippen LogP contribution in [0.5, 0.6) is 5.75 Å². The minimum Gasteiger partial charge on any atom is -0.481 e. The maximum atomic E-state index is 12.8. The van der Waals surface area contributed by atoms with Crippen LogP contribution in [-0.4, -0.2) is 12.0 Å². The third-order valence-electron chi connectivity index (χ3n) is 4.43. The molecule has 3 nitrogen and oxygen atoms in total. The number of nitrogens with one attached hydrogen (secondary N) is 1. The summed E-state index contributed by atoms with van der Waals surface area (Å²) in [6.07, 6.45) is -0.596. The Morgan fingerprint density at radius 1 is 0.815 bits per heavy atom. The van der Waals surface area contributed by atoms with Crippen LogP contribution in [-0.2, 0) is 4.79 Å². The van der Waals surface area contributed by atoms with Crippen molar-refractivity contribution < 1.29 is 9.53 Å². The standard InChI is InChI=1S/C24H25NO2/c1-17-14-18(2)16-22(15-17)27-19(3)24(26)25-23(20-10-6-4-7-11-20)21-12-8-5-9-13-21/h4-16,19,23H,1-3H3,(H,25,26)/t19-/m1/s1. The van der Waals surface area contributed by atoms with Gasteiger partial charge in [0.1, 0.15) is 5.75 Å². The van der Waals surface area contributed by atoms with Crippen LogP contribution in [0, 0.1) is 13.8 Å². The molecule has 0 fully saturated rings. The molecule has 0 unspecified atom stereocenters. The number of hydrogen-bond donors (Lipinski definition) is 1. The first-order valence-corrected chi connectivity index (χ1v) is 9.18. The van der Waals surface area contributed by atoms with E-state index in [2.05, 4.69) is 11.4 Å². The van der Waals surface area contributed by atoms with Crippen molar-refractivity contribution in [2.24, 2.45) is 0 Å². The van der Waals surface area contributed by atoms with Crippen LogP contribution in [0.2, 0.25) is 0 Å². The number of ether oxygens (including phenoxy) is 1. The molecule has 138 valence electrons. The first-order chi connectivity index (χ1) is 13.0. The second-order valence-electron chi connectivity index (χ2n) is 6.85. The Bertz CT molecular complexity index is 831. The number of carbonyl (C=O) groups excluding carboxylic acids is 1. The molecule has 3 aromatic carbocycles. The van der Waals surface area contributed by atoms with Crippen molar-refractivity contribution in [1.29, 1.82) is 0 Å². The number of carbonyl (C=O) groups is 1. The quantitative estimate of drug-likeness (QED) is 0.674. The molecule has 0 saturated heterocycles. The first kappa shape index (κ1) is 18.7. The van der Waals surface area contributed by atoms with Crippen LogP contribution in [0.25, 0.3) is 0 Å². The van der Waals surface area contributed by atoms with Crippen molar-refractivity contribution >= 4 is 5.91 Å². The smallest absolute Gasteiger partial charge is 0.261 e. The molecule has 3 rings (SSSR count). The molecule has 1 atom stereocenters. The lowest BCUT2D eigenvalue weighted by atomic mass is 9.98. The zero-order valence-corrected chi connectivity index (χ0v) is 16.0. The van der Waals surface area contributed by atoms with E-state index in [0.29, 0.717) is 5.75 Å². The van der Waals surface area contributed by atoms with Crippen molar-refractivity contribution in [2.75, 3.05) is 0 Å². The maximum Gasteiger partial charge on any atom is 0.261 e. The summed E-state index contributed by atoms with van der Waals surface area (Å²) < 4.78 is 5.90. The van der Waals surface area contributed by atoms with Crippen LogP contribution in [0.1, 0.15) is 35.2 Å². The van der Waals surface area contributed by atoms with Crippen LogP contribution in [0.4, 0.5) is 0 Å². The fourth-order valence-corrected chi connectivity index (χ4v) is 3.17. The third-order valence-corrected chi connectivity index (χ3v) is 4.43. The number of amides is 1. The van der Waals surface area contributed by atoms with E-state index in [1.807, 2.05) is 86.6 Å². The Morgan fingerprint density at radius 3 is 1.78 bits per heavy atom. The van der Waals surface area contributed by atoms with Crippen LogP contribution in [0.3, 0.4) is 0 Å². The summed E-state index contributed by atoms with van der Waals surface area (Å²) in [5.41, 5.74) is 4.31. The fourth-order valence-electron chi connectivity index (χ4n) is 3.17. The zero-order valence-electron chi connectivity index (χ0n) is 16.0. The third kappa shape index (κ3) is 4.98. The van der Waals surface area contributed by atoms with Gasteiger partial charge < -0.3 is 10.1 Å². The molecule has 0 spiro atoms. The van der Waals surface area contributed by atoms with Gasteiger partial charge in [-0.15, -0.1) is 0 Å². The van der Waals surface area contributed by atoms with E-state index in [4.69, 9.17) is 4.74 Å². The fraction of sp³-hybridized carbons (Fsp3) is 0.208. The van der Waals surface area contributed by atoms with Crippen molar-refractivity contribution in [1.82, 2.24) is 5.32 Å². The van der Waals surface area contributed by atoms with Gasteiger partial charge in [0.05, 0.1) is 6.04 Å². The lowest BCUT2D eigenvalue weighted by Gasteiger charge is -2.23. The van der Waals surface area contributed by atoms with E-state index in [-0.39, 0.29) is 11.9 Å². The Morgan fingerprint density at radius 2 is 1.30 bits per heavy atom. The monoisotopic (exact) mass is 359 g/mol. The molecule has 0 aromatic heterocycles. The minimum absolute atomic E-state index is 0.146. The topological polar surface area (TPSA) is 38.3 Å². The molecule has 1 N–H and O–H groups in total. The van der Waals surface area contributed by atoms with Gasteiger partial charge in [-0.1, -0.05) is 66.7 Å². The summed E-state index contributed by atoms with van der Waals surface area (Å²) in [5, 5.41) is 3.13. The lowest BCUT2D eigenvalue weighted by Crippen LogP contribution is -2.39. The molecule has 0 saturated carbocycles. The molecule has 0 radical (unpaired) electrons. The number of aryl methyl sites for hydroxylation is 2. The SMILES string of the molecule is Cc1cc(C)cc(O[C@H](C)C(=O)NC(c2ccccc2)c2ccccc2)c1. The Kier molecular flexibility index (Phi) is 5.92. The van der Waals surface area contributed by atoms with Crippen LogP contribution in [0.15, 0.2) is 78.9 Å². The summed E-state index contributed by atoms with van der Waals surface area (Å²) in [4.78, 5) is 12.8. The van der Waals surface area contributed by atoms with E-state index in [0.717, 1.165) is 22.3 Å². The van der Waals surface area contributed by atoms with E-state index in [1.54, 1.807) is 6.92 Å². The zero-order chi connectivity index (χ0) is 19.2. The summed E-state index contributed by atoms with van der Waals surface area (Å²) in [7, 11) is 0. The van der Waals surface area contributed by atoms with E-state index in [1.165, 1.54) is 0 Å². The lowest BCUT2D eigenvalue weighted by molar-refractivity contribution is -0.127. The average molecular weight is 359 g/mol. The molecule has 0 heterocycles. The highest BCUT2D eigenvalue weighted by atomic mass is 16.5. The Hall–Kier alpha value is -3.07. The number of benzene rings is 3. The summed E-state index contributed by atoms with van der Waals surface area (Å²) in [6, 6.07) is 25.7. The predicted molar refractivity (Wildman–Crippen MR) is 109 cm³/mol. The van der Waals surface area contributed by atoms with Gasteiger partial charge in [0.15, 0.2) is 6.10 Å². The second-order valence-corrected chi connectivity index (χ2v) is 6.85. The molecule has 0 aliphatic rings. The molecule has 3 aromatic rings. The van der Waals surface area contributed by atoms with E-state index in [9.17, 15) is 4.79 Å². The molecule has 0 aliphatic heterocycles. The van der Waals surface area contributed by atoms with E-state index < -0.39 is 6.10 Å². The van der Waals surface area contributed by atoms with Crippen molar-refractivity contribution in [2.45, 2.75) is 32.9 Å². The van der Waals surface area contributed by atoms with Crippen LogP contribution >= 0.6 is 0 Å². The normalized spacial score (nSPS) is 11.9.